The van der Waals surface area contributed by atoms with E-state index in [4.69, 9.17) is 16.1 Å². The molecular weight excluding hydrogens is 536 g/mol. The van der Waals surface area contributed by atoms with Crippen molar-refractivity contribution in [3.05, 3.63) is 47.7 Å². The summed E-state index contributed by atoms with van der Waals surface area (Å²) in [6.45, 7) is 6.37. The molecule has 42 heavy (non-hydrogen) atoms. The number of phenolic OH excluding ortho intramolecular Hbond substituents is 1. The maximum absolute atomic E-state index is 16.6. The second-order valence-corrected chi connectivity index (χ2v) is 12.1. The van der Waals surface area contributed by atoms with E-state index < -0.39 is 11.6 Å². The number of halogens is 2. The zero-order valence-electron chi connectivity index (χ0n) is 23.7. The molecule has 4 aromatic rings. The minimum absolute atomic E-state index is 0.0176. The van der Waals surface area contributed by atoms with E-state index in [0.717, 1.165) is 64.7 Å². The third-order valence-electron chi connectivity index (χ3n) is 9.33. The highest BCUT2D eigenvalue weighted by Gasteiger charge is 2.45. The monoisotopic (exact) mass is 569 g/mol. The van der Waals surface area contributed by atoms with E-state index >= 15 is 4.39 Å². The number of benzene rings is 2. The van der Waals surface area contributed by atoms with Gasteiger partial charge >= 0.3 is 6.01 Å². The highest BCUT2D eigenvalue weighted by Crippen LogP contribution is 2.41. The predicted octanol–water partition coefficient (Wildman–Crippen LogP) is 6.05. The van der Waals surface area contributed by atoms with Gasteiger partial charge in [0, 0.05) is 30.2 Å². The van der Waals surface area contributed by atoms with Gasteiger partial charge in [0.05, 0.1) is 16.5 Å². The largest absolute Gasteiger partial charge is 0.508 e. The van der Waals surface area contributed by atoms with Crippen LogP contribution in [0.15, 0.2) is 30.5 Å². The van der Waals surface area contributed by atoms with E-state index in [1.54, 1.807) is 6.20 Å². The van der Waals surface area contributed by atoms with Crippen molar-refractivity contribution >= 4 is 27.5 Å². The molecule has 0 bridgehead atoms. The van der Waals surface area contributed by atoms with Gasteiger partial charge in [-0.15, -0.1) is 6.42 Å². The highest BCUT2D eigenvalue weighted by molar-refractivity contribution is 6.03. The van der Waals surface area contributed by atoms with E-state index in [-0.39, 0.29) is 39.6 Å². The molecule has 7 nitrogen and oxygen atoms in total. The Bertz CT molecular complexity index is 1740. The molecule has 0 radical (unpaired) electrons. The third-order valence-corrected chi connectivity index (χ3v) is 9.33. The first-order chi connectivity index (χ1) is 20.4. The zero-order valence-corrected chi connectivity index (χ0v) is 23.7. The van der Waals surface area contributed by atoms with Crippen molar-refractivity contribution in [1.29, 1.82) is 0 Å². The first-order valence-electron chi connectivity index (χ1n) is 14.8. The number of hydrogen-bond acceptors (Lipinski definition) is 7. The van der Waals surface area contributed by atoms with Crippen LogP contribution in [0.25, 0.3) is 32.9 Å². The Morgan fingerprint density at radius 2 is 1.93 bits per heavy atom. The number of terminal acetylenes is 1. The van der Waals surface area contributed by atoms with Crippen molar-refractivity contribution in [3.63, 3.8) is 0 Å². The van der Waals surface area contributed by atoms with Gasteiger partial charge in [-0.2, -0.15) is 9.97 Å². The van der Waals surface area contributed by atoms with Gasteiger partial charge in [0.1, 0.15) is 35.2 Å². The second kappa shape index (κ2) is 10.4. The number of aromatic hydroxyl groups is 1. The summed E-state index contributed by atoms with van der Waals surface area (Å²) >= 11 is 0. The predicted molar refractivity (Wildman–Crippen MR) is 159 cm³/mol. The van der Waals surface area contributed by atoms with Crippen LogP contribution in [0.4, 0.5) is 14.6 Å². The van der Waals surface area contributed by atoms with Gasteiger partial charge in [0.25, 0.3) is 0 Å². The van der Waals surface area contributed by atoms with Crippen LogP contribution in [0.5, 0.6) is 11.8 Å². The van der Waals surface area contributed by atoms with Gasteiger partial charge in [-0.05, 0) is 81.1 Å². The Labute approximate surface area is 243 Å². The maximum atomic E-state index is 16.6. The lowest BCUT2D eigenvalue weighted by molar-refractivity contribution is 0.108. The first-order valence-corrected chi connectivity index (χ1v) is 14.8. The Kier molecular flexibility index (Phi) is 6.62. The van der Waals surface area contributed by atoms with Gasteiger partial charge < -0.3 is 14.7 Å². The van der Waals surface area contributed by atoms with E-state index in [1.165, 1.54) is 24.3 Å². The molecule has 1 unspecified atom stereocenters. The number of piperidine rings is 1. The molecule has 0 saturated carbocycles. The molecule has 3 aliphatic heterocycles. The van der Waals surface area contributed by atoms with Crippen molar-refractivity contribution < 1.29 is 18.6 Å². The molecule has 1 N–H and O–H groups in total. The summed E-state index contributed by atoms with van der Waals surface area (Å²) in [6, 6.07) is 5.71. The number of hydrogen-bond donors (Lipinski definition) is 1. The fourth-order valence-corrected chi connectivity index (χ4v) is 7.31. The number of ether oxygens (including phenoxy) is 1. The summed E-state index contributed by atoms with van der Waals surface area (Å²) in [5.41, 5.74) is 0.147. The molecule has 216 valence electrons. The SMILES string of the molecule is C#Cc1c(F)ccc2cc(O)cc(-c3ncc4c(N5CCCC(C)C5)nc(OCC56CCCN5CCC6)nc4c3F)c12. The number of phenols is 1. The molecule has 3 fully saturated rings. The summed E-state index contributed by atoms with van der Waals surface area (Å²) in [6.07, 6.45) is 13.8. The third kappa shape index (κ3) is 4.40. The number of anilines is 1. The smallest absolute Gasteiger partial charge is 0.319 e. The number of aromatic nitrogens is 3. The van der Waals surface area contributed by atoms with Crippen LogP contribution < -0.4 is 9.64 Å². The quantitative estimate of drug-likeness (QED) is 0.293. The Balaban J connectivity index is 1.39. The van der Waals surface area contributed by atoms with Crippen LogP contribution in [-0.2, 0) is 0 Å². The van der Waals surface area contributed by atoms with Crippen LogP contribution in [-0.4, -0.2) is 63.3 Å². The lowest BCUT2D eigenvalue weighted by atomic mass is 9.95. The second-order valence-electron chi connectivity index (χ2n) is 12.1. The van der Waals surface area contributed by atoms with Crippen molar-refractivity contribution in [2.45, 2.75) is 51.0 Å². The van der Waals surface area contributed by atoms with Gasteiger partial charge in [-0.1, -0.05) is 18.9 Å². The van der Waals surface area contributed by atoms with Crippen molar-refractivity contribution in [3.8, 4) is 35.4 Å². The van der Waals surface area contributed by atoms with E-state index in [0.29, 0.717) is 34.5 Å². The average molecular weight is 570 g/mol. The Hall–Kier alpha value is -4.03. The zero-order chi connectivity index (χ0) is 29.0. The Morgan fingerprint density at radius 1 is 1.12 bits per heavy atom. The molecule has 0 amide bonds. The fraction of sp³-hybridized carbons (Fsp3) is 0.424. The topological polar surface area (TPSA) is 74.6 Å². The van der Waals surface area contributed by atoms with Crippen molar-refractivity contribution in [2.75, 3.05) is 37.7 Å². The summed E-state index contributed by atoms with van der Waals surface area (Å²) in [7, 11) is 0. The molecule has 2 aromatic carbocycles. The van der Waals surface area contributed by atoms with E-state index in [1.807, 2.05) is 0 Å². The number of nitrogens with zero attached hydrogens (tertiary/aromatic N) is 5. The summed E-state index contributed by atoms with van der Waals surface area (Å²) in [4.78, 5) is 18.6. The van der Waals surface area contributed by atoms with Crippen LogP contribution in [0, 0.1) is 29.9 Å². The molecule has 3 saturated heterocycles. The minimum Gasteiger partial charge on any atom is -0.508 e. The molecule has 3 aliphatic rings. The van der Waals surface area contributed by atoms with Crippen LogP contribution in [0.3, 0.4) is 0 Å². The van der Waals surface area contributed by atoms with Gasteiger partial charge in [0.15, 0.2) is 5.82 Å². The van der Waals surface area contributed by atoms with Crippen molar-refractivity contribution in [1.82, 2.24) is 19.9 Å². The number of pyridine rings is 1. The molecular formula is C33H33F2N5O2. The average Bonchev–Trinajstić information content (AvgIpc) is 3.57. The first kappa shape index (κ1) is 26.8. The lowest BCUT2D eigenvalue weighted by Crippen LogP contribution is -2.43. The normalized spacial score (nSPS) is 20.2. The molecule has 2 aromatic heterocycles. The summed E-state index contributed by atoms with van der Waals surface area (Å²) in [5.74, 6) is 2.03. The van der Waals surface area contributed by atoms with Crippen LogP contribution in [0.2, 0.25) is 0 Å². The van der Waals surface area contributed by atoms with Crippen LogP contribution >= 0.6 is 0 Å². The number of fused-ring (bicyclic) bond motifs is 3. The number of rotatable bonds is 5. The summed E-state index contributed by atoms with van der Waals surface area (Å²) in [5, 5.41) is 11.8. The lowest BCUT2D eigenvalue weighted by Gasteiger charge is -2.33. The van der Waals surface area contributed by atoms with E-state index in [9.17, 15) is 9.50 Å². The molecule has 0 aliphatic carbocycles. The van der Waals surface area contributed by atoms with Gasteiger partial charge in [-0.3, -0.25) is 9.88 Å². The molecule has 1 atom stereocenters. The summed E-state index contributed by atoms with van der Waals surface area (Å²) < 4.78 is 37.7. The van der Waals surface area contributed by atoms with Crippen LogP contribution in [0.1, 0.15) is 51.0 Å². The molecule has 5 heterocycles. The molecule has 0 spiro atoms. The standard InChI is InChI=1S/C33H33F2N5O2/c1-3-23-26(34)9-8-21-15-22(41)16-24(27(21)23)29-28(35)30-25(17-36-29)31(39-12-4-7-20(2)18-39)38-32(37-30)42-19-33-10-5-13-40(33)14-6-11-33/h1,8-9,15-17,20,41H,4-7,10-14,18-19H2,2H3. The van der Waals surface area contributed by atoms with Crippen molar-refractivity contribution in [2.24, 2.45) is 5.92 Å². The minimum atomic E-state index is -0.702. The molecule has 9 heteroatoms. The fourth-order valence-electron chi connectivity index (χ4n) is 7.31. The van der Waals surface area contributed by atoms with Gasteiger partial charge in [-0.25, -0.2) is 8.78 Å². The van der Waals surface area contributed by atoms with E-state index in [2.05, 4.69) is 32.6 Å². The molecule has 7 rings (SSSR count). The maximum Gasteiger partial charge on any atom is 0.319 e. The van der Waals surface area contributed by atoms with Gasteiger partial charge in [0.2, 0.25) is 0 Å². The Morgan fingerprint density at radius 3 is 2.69 bits per heavy atom. The highest BCUT2D eigenvalue weighted by atomic mass is 19.1.